The molecule has 0 aliphatic heterocycles. The fourth-order valence-electron chi connectivity index (χ4n) is 1.47. The van der Waals surface area contributed by atoms with Crippen molar-refractivity contribution >= 4 is 0 Å². The summed E-state index contributed by atoms with van der Waals surface area (Å²) in [6.45, 7) is 2.19. The second-order valence-electron chi connectivity index (χ2n) is 3.90. The average molecular weight is 192 g/mol. The number of aryl methyl sites for hydroxylation is 1. The van der Waals surface area contributed by atoms with Gasteiger partial charge in [0.05, 0.1) is 6.17 Å². The van der Waals surface area contributed by atoms with Crippen LogP contribution in [0.5, 0.6) is 0 Å². The summed E-state index contributed by atoms with van der Waals surface area (Å²) in [5, 5.41) is 0. The van der Waals surface area contributed by atoms with Gasteiger partial charge in [-0.1, -0.05) is 37.6 Å². The van der Waals surface area contributed by atoms with Crippen LogP contribution in [0.2, 0.25) is 0 Å². The van der Waals surface area contributed by atoms with Crippen molar-refractivity contribution in [3.63, 3.8) is 0 Å². The summed E-state index contributed by atoms with van der Waals surface area (Å²) in [5.74, 6) is 0. The predicted molar refractivity (Wildman–Crippen MR) is 61.1 cm³/mol. The van der Waals surface area contributed by atoms with Crippen molar-refractivity contribution in [1.82, 2.24) is 4.90 Å². The maximum absolute atomic E-state index is 5.99. The number of hydrogen-bond acceptors (Lipinski definition) is 2. The van der Waals surface area contributed by atoms with Crippen molar-refractivity contribution in [2.24, 2.45) is 5.73 Å². The zero-order valence-corrected chi connectivity index (χ0v) is 9.33. The molecule has 0 aliphatic carbocycles. The van der Waals surface area contributed by atoms with Crippen LogP contribution in [0.25, 0.3) is 0 Å². The van der Waals surface area contributed by atoms with Crippen LogP contribution >= 0.6 is 0 Å². The minimum atomic E-state index is 0.00526. The topological polar surface area (TPSA) is 29.3 Å². The average Bonchev–Trinajstić information content (AvgIpc) is 2.18. The van der Waals surface area contributed by atoms with E-state index in [-0.39, 0.29) is 6.17 Å². The van der Waals surface area contributed by atoms with Crippen molar-refractivity contribution in [2.75, 3.05) is 14.1 Å². The van der Waals surface area contributed by atoms with Crippen LogP contribution in [0.4, 0.5) is 0 Å². The van der Waals surface area contributed by atoms with Gasteiger partial charge in [-0.2, -0.15) is 0 Å². The summed E-state index contributed by atoms with van der Waals surface area (Å²) in [6.07, 6.45) is 2.35. The molecule has 1 aromatic carbocycles. The molecule has 0 saturated carbocycles. The highest BCUT2D eigenvalue weighted by Crippen LogP contribution is 2.13. The maximum Gasteiger partial charge on any atom is 0.0830 e. The highest BCUT2D eigenvalue weighted by molar-refractivity contribution is 5.24. The van der Waals surface area contributed by atoms with E-state index >= 15 is 0 Å². The predicted octanol–water partition coefficient (Wildman–Crippen LogP) is 2.16. The van der Waals surface area contributed by atoms with Gasteiger partial charge in [0.1, 0.15) is 0 Å². The third-order valence-electron chi connectivity index (χ3n) is 2.42. The van der Waals surface area contributed by atoms with Crippen molar-refractivity contribution in [2.45, 2.75) is 25.9 Å². The van der Waals surface area contributed by atoms with Crippen LogP contribution < -0.4 is 5.73 Å². The smallest absolute Gasteiger partial charge is 0.0830 e. The molecule has 2 N–H and O–H groups in total. The molecule has 0 saturated heterocycles. The Morgan fingerprint density at radius 2 is 1.79 bits per heavy atom. The van der Waals surface area contributed by atoms with Gasteiger partial charge in [-0.25, -0.2) is 0 Å². The van der Waals surface area contributed by atoms with E-state index in [0.29, 0.717) is 0 Å². The Hall–Kier alpha value is -0.860. The molecule has 0 aromatic heterocycles. The first-order chi connectivity index (χ1) is 6.65. The molecule has 0 heterocycles. The lowest BCUT2D eigenvalue weighted by Gasteiger charge is -2.20. The Balaban J connectivity index is 2.72. The fourth-order valence-corrected chi connectivity index (χ4v) is 1.47. The van der Waals surface area contributed by atoms with E-state index in [4.69, 9.17) is 5.73 Å². The summed E-state index contributed by atoms with van der Waals surface area (Å²) in [6, 6.07) is 8.58. The molecule has 0 fully saturated rings. The van der Waals surface area contributed by atoms with Gasteiger partial charge in [0.15, 0.2) is 0 Å². The maximum atomic E-state index is 5.99. The second-order valence-corrected chi connectivity index (χ2v) is 3.90. The van der Waals surface area contributed by atoms with Crippen molar-refractivity contribution in [1.29, 1.82) is 0 Å². The lowest BCUT2D eigenvalue weighted by Crippen LogP contribution is -2.27. The first-order valence-electron chi connectivity index (χ1n) is 5.16. The van der Waals surface area contributed by atoms with Crippen LogP contribution in [0.15, 0.2) is 24.3 Å². The van der Waals surface area contributed by atoms with Gasteiger partial charge in [0, 0.05) is 0 Å². The Morgan fingerprint density at radius 1 is 1.21 bits per heavy atom. The summed E-state index contributed by atoms with van der Waals surface area (Å²) in [5.41, 5.74) is 8.55. The summed E-state index contributed by atoms with van der Waals surface area (Å²) < 4.78 is 0. The number of nitrogens with zero attached hydrogens (tertiary/aromatic N) is 1. The van der Waals surface area contributed by atoms with E-state index in [0.717, 1.165) is 6.42 Å². The van der Waals surface area contributed by atoms with Crippen LogP contribution in [-0.2, 0) is 6.42 Å². The molecule has 1 rings (SSSR count). The number of rotatable bonds is 4. The molecule has 0 bridgehead atoms. The molecule has 1 aromatic rings. The first kappa shape index (κ1) is 11.2. The molecule has 0 aliphatic rings. The highest BCUT2D eigenvalue weighted by Gasteiger charge is 2.06. The van der Waals surface area contributed by atoms with Gasteiger partial charge >= 0.3 is 0 Å². The molecular weight excluding hydrogens is 172 g/mol. The molecule has 78 valence electrons. The van der Waals surface area contributed by atoms with Crippen LogP contribution in [-0.4, -0.2) is 19.0 Å². The summed E-state index contributed by atoms with van der Waals surface area (Å²) >= 11 is 0. The minimum absolute atomic E-state index is 0.00526. The van der Waals surface area contributed by atoms with Crippen LogP contribution in [0.3, 0.4) is 0 Å². The monoisotopic (exact) mass is 192 g/mol. The molecule has 1 unspecified atom stereocenters. The van der Waals surface area contributed by atoms with E-state index in [1.165, 1.54) is 17.5 Å². The Labute approximate surface area is 86.7 Å². The first-order valence-corrected chi connectivity index (χ1v) is 5.16. The standard InChI is InChI=1S/C12H20N2/c1-4-5-10-6-8-11(9-7-10)12(13)14(2)3/h6-9,12H,4-5,13H2,1-3H3. The largest absolute Gasteiger partial charge is 0.312 e. The van der Waals surface area contributed by atoms with E-state index in [2.05, 4.69) is 31.2 Å². The SMILES string of the molecule is CCCc1ccc(C(N)N(C)C)cc1. The third kappa shape index (κ3) is 2.82. The fraction of sp³-hybridized carbons (Fsp3) is 0.500. The van der Waals surface area contributed by atoms with Crippen molar-refractivity contribution < 1.29 is 0 Å². The van der Waals surface area contributed by atoms with E-state index < -0.39 is 0 Å². The Morgan fingerprint density at radius 3 is 2.21 bits per heavy atom. The zero-order valence-electron chi connectivity index (χ0n) is 9.33. The van der Waals surface area contributed by atoms with E-state index in [1.807, 2.05) is 19.0 Å². The van der Waals surface area contributed by atoms with Gasteiger partial charge in [-0.3, -0.25) is 4.90 Å². The zero-order chi connectivity index (χ0) is 10.6. The third-order valence-corrected chi connectivity index (χ3v) is 2.42. The minimum Gasteiger partial charge on any atom is -0.312 e. The number of nitrogens with two attached hydrogens (primary N) is 1. The molecule has 1 atom stereocenters. The number of benzene rings is 1. The Bertz CT molecular complexity index is 264. The summed E-state index contributed by atoms with van der Waals surface area (Å²) in [7, 11) is 3.98. The quantitative estimate of drug-likeness (QED) is 0.741. The molecule has 14 heavy (non-hydrogen) atoms. The van der Waals surface area contributed by atoms with Gasteiger partial charge < -0.3 is 5.73 Å². The lowest BCUT2D eigenvalue weighted by molar-refractivity contribution is 0.307. The molecule has 2 nitrogen and oxygen atoms in total. The Kier molecular flexibility index (Phi) is 4.11. The molecule has 2 heteroatoms. The van der Waals surface area contributed by atoms with Gasteiger partial charge in [-0.15, -0.1) is 0 Å². The highest BCUT2D eigenvalue weighted by atomic mass is 15.2. The van der Waals surface area contributed by atoms with E-state index in [1.54, 1.807) is 0 Å². The van der Waals surface area contributed by atoms with E-state index in [9.17, 15) is 0 Å². The molecule has 0 radical (unpaired) electrons. The molecule has 0 amide bonds. The van der Waals surface area contributed by atoms with Gasteiger partial charge in [0.2, 0.25) is 0 Å². The van der Waals surface area contributed by atoms with Gasteiger partial charge in [-0.05, 0) is 31.6 Å². The number of hydrogen-bond donors (Lipinski definition) is 1. The van der Waals surface area contributed by atoms with Crippen LogP contribution in [0, 0.1) is 0 Å². The second kappa shape index (κ2) is 5.13. The molecule has 0 spiro atoms. The van der Waals surface area contributed by atoms with Crippen LogP contribution in [0.1, 0.15) is 30.6 Å². The lowest BCUT2D eigenvalue weighted by atomic mass is 10.1. The summed E-state index contributed by atoms with van der Waals surface area (Å²) in [4.78, 5) is 2.01. The van der Waals surface area contributed by atoms with Crippen molar-refractivity contribution in [3.05, 3.63) is 35.4 Å². The molecular formula is C12H20N2. The van der Waals surface area contributed by atoms with Gasteiger partial charge in [0.25, 0.3) is 0 Å². The normalized spacial score (nSPS) is 13.2. The van der Waals surface area contributed by atoms with Crippen molar-refractivity contribution in [3.8, 4) is 0 Å².